The molecule has 16 heavy (non-hydrogen) atoms. The van der Waals surface area contributed by atoms with Gasteiger partial charge in [0.2, 0.25) is 0 Å². The molecule has 0 aromatic heterocycles. The third-order valence-corrected chi connectivity index (χ3v) is 2.55. The van der Waals surface area contributed by atoms with Gasteiger partial charge in [-0.1, -0.05) is 22.0 Å². The summed E-state index contributed by atoms with van der Waals surface area (Å²) in [5.74, 6) is 2.26. The van der Waals surface area contributed by atoms with Crippen LogP contribution in [-0.2, 0) is 6.18 Å². The molecule has 1 unspecified atom stereocenters. The summed E-state index contributed by atoms with van der Waals surface area (Å²) in [6.45, 7) is 0. The van der Waals surface area contributed by atoms with Crippen LogP contribution in [0.1, 0.15) is 23.6 Å². The Labute approximate surface area is 100.0 Å². The van der Waals surface area contributed by atoms with Crippen LogP contribution in [0.2, 0.25) is 0 Å². The first-order valence-corrected chi connectivity index (χ1v) is 5.21. The van der Waals surface area contributed by atoms with Crippen molar-refractivity contribution < 1.29 is 13.2 Å². The number of benzene rings is 1. The van der Waals surface area contributed by atoms with Crippen LogP contribution in [-0.4, -0.2) is 0 Å². The molecule has 2 N–H and O–H groups in total. The van der Waals surface area contributed by atoms with E-state index in [1.165, 1.54) is 12.1 Å². The second-order valence-corrected chi connectivity index (χ2v) is 4.16. The quantitative estimate of drug-likeness (QED) is 0.830. The molecule has 0 heterocycles. The van der Waals surface area contributed by atoms with Crippen molar-refractivity contribution in [2.24, 2.45) is 5.73 Å². The summed E-state index contributed by atoms with van der Waals surface area (Å²) in [7, 11) is 0. The average Bonchev–Trinajstić information content (AvgIpc) is 2.16. The maximum atomic E-state index is 12.7. The molecule has 1 atom stereocenters. The van der Waals surface area contributed by atoms with E-state index >= 15 is 0 Å². The van der Waals surface area contributed by atoms with Gasteiger partial charge in [0.1, 0.15) is 0 Å². The summed E-state index contributed by atoms with van der Waals surface area (Å²) in [6.07, 6.45) is 0.684. The van der Waals surface area contributed by atoms with Crippen molar-refractivity contribution in [1.82, 2.24) is 0 Å². The van der Waals surface area contributed by atoms with Gasteiger partial charge in [0.05, 0.1) is 5.56 Å². The lowest BCUT2D eigenvalue weighted by atomic mass is 9.98. The van der Waals surface area contributed by atoms with E-state index in [9.17, 15) is 13.2 Å². The number of alkyl halides is 3. The Bertz CT molecular complexity index is 420. The fourth-order valence-electron chi connectivity index (χ4n) is 1.33. The molecule has 0 aliphatic heterocycles. The summed E-state index contributed by atoms with van der Waals surface area (Å²) in [5.41, 5.74) is 4.87. The van der Waals surface area contributed by atoms with Gasteiger partial charge in [-0.25, -0.2) is 0 Å². The molecule has 0 aliphatic carbocycles. The fraction of sp³-hybridized carbons (Fsp3) is 0.273. The largest absolute Gasteiger partial charge is 0.416 e. The molecule has 0 saturated carbocycles. The molecule has 1 rings (SSSR count). The molecule has 0 amide bonds. The van der Waals surface area contributed by atoms with E-state index in [1.54, 1.807) is 0 Å². The van der Waals surface area contributed by atoms with E-state index < -0.39 is 17.8 Å². The number of hydrogen-bond donors (Lipinski definition) is 1. The van der Waals surface area contributed by atoms with Crippen LogP contribution >= 0.6 is 15.9 Å². The van der Waals surface area contributed by atoms with Gasteiger partial charge in [0, 0.05) is 16.9 Å². The molecule has 86 valence electrons. The van der Waals surface area contributed by atoms with Gasteiger partial charge in [0.15, 0.2) is 0 Å². The minimum absolute atomic E-state index is 0.0219. The zero-order chi connectivity index (χ0) is 12.3. The summed E-state index contributed by atoms with van der Waals surface area (Å²) >= 11 is 3.00. The van der Waals surface area contributed by atoms with Gasteiger partial charge in [0.25, 0.3) is 0 Å². The first-order valence-electron chi connectivity index (χ1n) is 4.42. The predicted molar refractivity (Wildman–Crippen MR) is 59.5 cm³/mol. The average molecular weight is 292 g/mol. The Hall–Kier alpha value is -0.990. The lowest BCUT2D eigenvalue weighted by molar-refractivity contribution is -0.138. The van der Waals surface area contributed by atoms with Crippen molar-refractivity contribution in [3.8, 4) is 12.3 Å². The topological polar surface area (TPSA) is 26.0 Å². The molecule has 5 heteroatoms. The van der Waals surface area contributed by atoms with Crippen molar-refractivity contribution in [3.05, 3.63) is 33.8 Å². The van der Waals surface area contributed by atoms with Crippen LogP contribution in [0.25, 0.3) is 0 Å². The Kier molecular flexibility index (Phi) is 4.00. The van der Waals surface area contributed by atoms with Crippen molar-refractivity contribution in [3.63, 3.8) is 0 Å². The molecule has 1 nitrogen and oxygen atoms in total. The summed E-state index contributed by atoms with van der Waals surface area (Å²) in [6, 6.07) is 3.07. The van der Waals surface area contributed by atoms with Crippen LogP contribution in [0.3, 0.4) is 0 Å². The summed E-state index contributed by atoms with van der Waals surface area (Å²) in [5, 5.41) is 0. The highest BCUT2D eigenvalue weighted by Gasteiger charge is 2.34. The third kappa shape index (κ3) is 3.00. The normalized spacial score (nSPS) is 13.2. The highest BCUT2D eigenvalue weighted by atomic mass is 79.9. The fourth-order valence-corrected chi connectivity index (χ4v) is 1.70. The SMILES string of the molecule is C#CCC(N)c1ccc(Br)cc1C(F)(F)F. The van der Waals surface area contributed by atoms with Crippen LogP contribution < -0.4 is 5.73 Å². The van der Waals surface area contributed by atoms with E-state index in [-0.39, 0.29) is 12.0 Å². The predicted octanol–water partition coefficient (Wildman–Crippen LogP) is 3.49. The van der Waals surface area contributed by atoms with E-state index in [4.69, 9.17) is 12.2 Å². The second kappa shape index (κ2) is 4.89. The maximum absolute atomic E-state index is 12.7. The maximum Gasteiger partial charge on any atom is 0.416 e. The molecular weight excluding hydrogens is 283 g/mol. The smallest absolute Gasteiger partial charge is 0.323 e. The van der Waals surface area contributed by atoms with Crippen LogP contribution in [0.5, 0.6) is 0 Å². The van der Waals surface area contributed by atoms with Crippen LogP contribution in [0, 0.1) is 12.3 Å². The van der Waals surface area contributed by atoms with Gasteiger partial charge >= 0.3 is 6.18 Å². The molecule has 0 bridgehead atoms. The van der Waals surface area contributed by atoms with Crippen molar-refractivity contribution in [1.29, 1.82) is 0 Å². The Morgan fingerprint density at radius 3 is 2.56 bits per heavy atom. The highest BCUT2D eigenvalue weighted by molar-refractivity contribution is 9.10. The molecule has 0 spiro atoms. The number of terminal acetylenes is 1. The minimum atomic E-state index is -4.43. The lowest BCUT2D eigenvalue weighted by Crippen LogP contribution is -2.17. The zero-order valence-corrected chi connectivity index (χ0v) is 9.77. The van der Waals surface area contributed by atoms with Gasteiger partial charge in [-0.3, -0.25) is 0 Å². The number of halogens is 4. The van der Waals surface area contributed by atoms with Gasteiger partial charge in [-0.15, -0.1) is 12.3 Å². The van der Waals surface area contributed by atoms with Gasteiger partial charge < -0.3 is 5.73 Å². The van der Waals surface area contributed by atoms with Gasteiger partial charge in [-0.05, 0) is 17.7 Å². The van der Waals surface area contributed by atoms with E-state index in [0.29, 0.717) is 4.47 Å². The Morgan fingerprint density at radius 1 is 1.44 bits per heavy atom. The molecule has 0 aliphatic rings. The Balaban J connectivity index is 3.24. The monoisotopic (exact) mass is 291 g/mol. The first-order chi connectivity index (χ1) is 7.36. The highest BCUT2D eigenvalue weighted by Crippen LogP contribution is 2.36. The lowest BCUT2D eigenvalue weighted by Gasteiger charge is -2.17. The van der Waals surface area contributed by atoms with Crippen LogP contribution in [0.15, 0.2) is 22.7 Å². The molecule has 0 radical (unpaired) electrons. The van der Waals surface area contributed by atoms with E-state index in [1.807, 2.05) is 0 Å². The molecule has 0 saturated heterocycles. The van der Waals surface area contributed by atoms with Crippen LogP contribution in [0.4, 0.5) is 13.2 Å². The summed E-state index contributed by atoms with van der Waals surface area (Å²) < 4.78 is 38.5. The third-order valence-electron chi connectivity index (χ3n) is 2.06. The van der Waals surface area contributed by atoms with Crippen molar-refractivity contribution in [2.45, 2.75) is 18.6 Å². The zero-order valence-electron chi connectivity index (χ0n) is 8.18. The van der Waals surface area contributed by atoms with Gasteiger partial charge in [-0.2, -0.15) is 13.2 Å². The van der Waals surface area contributed by atoms with E-state index in [2.05, 4.69) is 21.9 Å². The summed E-state index contributed by atoms with van der Waals surface area (Å²) in [4.78, 5) is 0. The molecular formula is C11H9BrF3N. The Morgan fingerprint density at radius 2 is 2.06 bits per heavy atom. The van der Waals surface area contributed by atoms with E-state index in [0.717, 1.165) is 6.07 Å². The van der Waals surface area contributed by atoms with Crippen molar-refractivity contribution >= 4 is 15.9 Å². The molecule has 0 fully saturated rings. The number of rotatable bonds is 2. The number of hydrogen-bond acceptors (Lipinski definition) is 1. The standard InChI is InChI=1S/C11H9BrF3N/c1-2-3-10(16)8-5-4-7(12)6-9(8)11(13,14)15/h1,4-6,10H,3,16H2. The molecule has 1 aromatic rings. The first kappa shape index (κ1) is 13.1. The van der Waals surface area contributed by atoms with Crippen molar-refractivity contribution in [2.75, 3.05) is 0 Å². The second-order valence-electron chi connectivity index (χ2n) is 3.24. The minimum Gasteiger partial charge on any atom is -0.323 e. The number of nitrogens with two attached hydrogens (primary N) is 1. The molecule has 1 aromatic carbocycles.